The molecule has 26 heavy (non-hydrogen) atoms. The summed E-state index contributed by atoms with van der Waals surface area (Å²) in [7, 11) is 0. The summed E-state index contributed by atoms with van der Waals surface area (Å²) < 4.78 is 5.40. The lowest BCUT2D eigenvalue weighted by Gasteiger charge is -2.22. The number of nitrogens with zero attached hydrogens (tertiary/aromatic N) is 3. The van der Waals surface area contributed by atoms with Gasteiger partial charge in [0.25, 0.3) is 0 Å². The second kappa shape index (κ2) is 9.47. The molecule has 1 fully saturated rings. The number of aromatic nitrogens is 4. The Morgan fingerprint density at radius 3 is 2.96 bits per heavy atom. The number of imidazole rings is 1. The molecule has 0 radical (unpaired) electrons. The summed E-state index contributed by atoms with van der Waals surface area (Å²) in [6, 6.07) is 0. The SMILES string of the molecule is O=C(C[C@@H](CCCC1CCCCC1)c1nc(Cc2ncc[nH]2)no1)NO. The first-order valence-electron chi connectivity index (χ1n) is 9.48. The molecule has 1 aliphatic rings. The number of aromatic amines is 1. The molecular formula is C18H27N5O3. The largest absolute Gasteiger partial charge is 0.348 e. The van der Waals surface area contributed by atoms with E-state index in [1.54, 1.807) is 17.9 Å². The monoisotopic (exact) mass is 361 g/mol. The van der Waals surface area contributed by atoms with Crippen molar-refractivity contribution in [2.45, 2.75) is 70.1 Å². The quantitative estimate of drug-likeness (QED) is 0.467. The number of hydroxylamine groups is 1. The molecule has 0 aromatic carbocycles. The highest BCUT2D eigenvalue weighted by atomic mass is 16.5. The molecule has 2 aromatic heterocycles. The number of nitrogens with one attached hydrogen (secondary N) is 2. The van der Waals surface area contributed by atoms with E-state index in [2.05, 4.69) is 20.1 Å². The zero-order valence-electron chi connectivity index (χ0n) is 15.0. The molecule has 1 amide bonds. The summed E-state index contributed by atoms with van der Waals surface area (Å²) in [4.78, 5) is 23.3. The van der Waals surface area contributed by atoms with Gasteiger partial charge < -0.3 is 9.51 Å². The van der Waals surface area contributed by atoms with Crippen LogP contribution in [0.15, 0.2) is 16.9 Å². The normalized spacial score (nSPS) is 16.5. The van der Waals surface area contributed by atoms with Gasteiger partial charge in [0.2, 0.25) is 11.8 Å². The second-order valence-electron chi connectivity index (χ2n) is 7.13. The van der Waals surface area contributed by atoms with Crippen molar-refractivity contribution in [3.63, 3.8) is 0 Å². The number of amides is 1. The second-order valence-corrected chi connectivity index (χ2v) is 7.13. The van der Waals surface area contributed by atoms with Crippen molar-refractivity contribution in [3.8, 4) is 0 Å². The molecule has 2 aromatic rings. The first-order chi connectivity index (χ1) is 12.7. The maximum atomic E-state index is 11.7. The van der Waals surface area contributed by atoms with Crippen LogP contribution in [0.4, 0.5) is 0 Å². The molecule has 1 saturated carbocycles. The summed E-state index contributed by atoms with van der Waals surface area (Å²) in [5, 5.41) is 12.9. The van der Waals surface area contributed by atoms with Crippen LogP contribution in [-0.4, -0.2) is 31.2 Å². The lowest BCUT2D eigenvalue weighted by molar-refractivity contribution is -0.129. The van der Waals surface area contributed by atoms with Crippen LogP contribution >= 0.6 is 0 Å². The Morgan fingerprint density at radius 2 is 2.23 bits per heavy atom. The molecule has 2 heterocycles. The average Bonchev–Trinajstić information content (AvgIpc) is 3.34. The predicted molar refractivity (Wildman–Crippen MR) is 93.4 cm³/mol. The number of H-pyrrole nitrogens is 1. The van der Waals surface area contributed by atoms with Crippen molar-refractivity contribution in [1.29, 1.82) is 0 Å². The fourth-order valence-electron chi connectivity index (χ4n) is 3.76. The standard InChI is InChI=1S/C18H27N5O3/c24-17(22-25)11-14(8-4-7-13-5-2-1-3-6-13)18-21-16(23-26-18)12-15-19-9-10-20-15/h9-10,13-14,25H,1-8,11-12H2,(H,19,20)(H,22,24)/t14-/m1/s1. The smallest absolute Gasteiger partial charge is 0.244 e. The van der Waals surface area contributed by atoms with E-state index in [1.807, 2.05) is 0 Å². The molecule has 0 spiro atoms. The molecule has 3 N–H and O–H groups in total. The van der Waals surface area contributed by atoms with Crippen molar-refractivity contribution < 1.29 is 14.5 Å². The van der Waals surface area contributed by atoms with Crippen molar-refractivity contribution in [2.75, 3.05) is 0 Å². The van der Waals surface area contributed by atoms with E-state index < -0.39 is 5.91 Å². The third-order valence-corrected chi connectivity index (χ3v) is 5.16. The first-order valence-corrected chi connectivity index (χ1v) is 9.48. The summed E-state index contributed by atoms with van der Waals surface area (Å²) >= 11 is 0. The van der Waals surface area contributed by atoms with Gasteiger partial charge in [0.1, 0.15) is 5.82 Å². The zero-order valence-corrected chi connectivity index (χ0v) is 15.0. The van der Waals surface area contributed by atoms with E-state index in [1.165, 1.54) is 38.5 Å². The summed E-state index contributed by atoms with van der Waals surface area (Å²) in [6.07, 6.45) is 13.7. The van der Waals surface area contributed by atoms with Crippen molar-refractivity contribution in [2.24, 2.45) is 5.92 Å². The minimum Gasteiger partial charge on any atom is -0.348 e. The van der Waals surface area contributed by atoms with E-state index >= 15 is 0 Å². The molecule has 3 rings (SSSR count). The van der Waals surface area contributed by atoms with E-state index in [4.69, 9.17) is 9.73 Å². The number of carbonyl (C=O) groups excluding carboxylic acids is 1. The van der Waals surface area contributed by atoms with Gasteiger partial charge >= 0.3 is 0 Å². The fraction of sp³-hybridized carbons (Fsp3) is 0.667. The number of rotatable bonds is 9. The van der Waals surface area contributed by atoms with Gasteiger partial charge in [0.05, 0.1) is 6.42 Å². The molecule has 8 nitrogen and oxygen atoms in total. The number of hydrogen-bond donors (Lipinski definition) is 3. The van der Waals surface area contributed by atoms with Gasteiger partial charge in [-0.25, -0.2) is 10.5 Å². The van der Waals surface area contributed by atoms with Crippen molar-refractivity contribution in [3.05, 3.63) is 29.9 Å². The molecule has 8 heteroatoms. The molecule has 0 unspecified atom stereocenters. The first kappa shape index (κ1) is 18.6. The van der Waals surface area contributed by atoms with Crippen LogP contribution in [0.5, 0.6) is 0 Å². The van der Waals surface area contributed by atoms with Crippen LogP contribution in [0.25, 0.3) is 0 Å². The summed E-state index contributed by atoms with van der Waals surface area (Å²) in [6.45, 7) is 0. The predicted octanol–water partition coefficient (Wildman–Crippen LogP) is 3.11. The Hall–Kier alpha value is -2.22. The minimum atomic E-state index is -0.432. The minimum absolute atomic E-state index is 0.142. The Balaban J connectivity index is 1.57. The van der Waals surface area contributed by atoms with Crippen LogP contribution in [-0.2, 0) is 11.2 Å². The maximum absolute atomic E-state index is 11.7. The lowest BCUT2D eigenvalue weighted by atomic mass is 9.84. The Morgan fingerprint density at radius 1 is 1.38 bits per heavy atom. The van der Waals surface area contributed by atoms with Gasteiger partial charge in [-0.2, -0.15) is 4.98 Å². The van der Waals surface area contributed by atoms with Crippen LogP contribution in [0, 0.1) is 5.92 Å². The van der Waals surface area contributed by atoms with Crippen LogP contribution < -0.4 is 5.48 Å². The third-order valence-electron chi connectivity index (χ3n) is 5.16. The Kier molecular flexibility index (Phi) is 6.76. The van der Waals surface area contributed by atoms with Crippen LogP contribution in [0.2, 0.25) is 0 Å². The molecular weight excluding hydrogens is 334 g/mol. The van der Waals surface area contributed by atoms with E-state index in [0.29, 0.717) is 18.1 Å². The topological polar surface area (TPSA) is 117 Å². The van der Waals surface area contributed by atoms with Crippen molar-refractivity contribution in [1.82, 2.24) is 25.6 Å². The molecule has 0 aliphatic heterocycles. The summed E-state index contributed by atoms with van der Waals surface area (Å²) in [5.41, 5.74) is 1.70. The molecule has 0 saturated heterocycles. The Labute approximate surface area is 152 Å². The zero-order chi connectivity index (χ0) is 18.2. The fourth-order valence-corrected chi connectivity index (χ4v) is 3.76. The van der Waals surface area contributed by atoms with Gasteiger partial charge in [-0.15, -0.1) is 0 Å². The average molecular weight is 361 g/mol. The molecule has 142 valence electrons. The van der Waals surface area contributed by atoms with Gasteiger partial charge in [-0.05, 0) is 12.3 Å². The molecule has 1 aliphatic carbocycles. The third kappa shape index (κ3) is 5.39. The van der Waals surface area contributed by atoms with E-state index in [-0.39, 0.29) is 12.3 Å². The highest BCUT2D eigenvalue weighted by Gasteiger charge is 2.23. The van der Waals surface area contributed by atoms with Crippen LogP contribution in [0.1, 0.15) is 81.2 Å². The summed E-state index contributed by atoms with van der Waals surface area (Å²) in [5.74, 6) is 1.95. The van der Waals surface area contributed by atoms with E-state index in [0.717, 1.165) is 24.6 Å². The van der Waals surface area contributed by atoms with Gasteiger partial charge in [-0.1, -0.05) is 50.1 Å². The van der Waals surface area contributed by atoms with Crippen LogP contribution in [0.3, 0.4) is 0 Å². The highest BCUT2D eigenvalue weighted by Crippen LogP contribution is 2.31. The van der Waals surface area contributed by atoms with E-state index in [9.17, 15) is 4.79 Å². The highest BCUT2D eigenvalue weighted by molar-refractivity contribution is 5.75. The lowest BCUT2D eigenvalue weighted by Crippen LogP contribution is -2.21. The number of carbonyl (C=O) groups is 1. The maximum Gasteiger partial charge on any atom is 0.244 e. The van der Waals surface area contributed by atoms with Crippen molar-refractivity contribution >= 4 is 5.91 Å². The van der Waals surface area contributed by atoms with Gasteiger partial charge in [0, 0.05) is 24.7 Å². The molecule has 0 bridgehead atoms. The molecule has 1 atom stereocenters. The van der Waals surface area contributed by atoms with Gasteiger partial charge in [-0.3, -0.25) is 10.0 Å². The van der Waals surface area contributed by atoms with Gasteiger partial charge in [0.15, 0.2) is 5.82 Å². The Bertz CT molecular complexity index is 664. The number of hydrogen-bond acceptors (Lipinski definition) is 6.